The van der Waals surface area contributed by atoms with E-state index in [1.54, 1.807) is 7.11 Å². The molecule has 1 atom stereocenters. The van der Waals surface area contributed by atoms with Crippen molar-refractivity contribution in [3.05, 3.63) is 64.3 Å². The number of methoxy groups -OCH3 is 1. The molecule has 4 aromatic rings. The second-order valence-corrected chi connectivity index (χ2v) is 9.37. The van der Waals surface area contributed by atoms with Crippen LogP contribution in [0.3, 0.4) is 0 Å². The van der Waals surface area contributed by atoms with E-state index in [9.17, 15) is 0 Å². The molecule has 8 nitrogen and oxygen atoms in total. The highest BCUT2D eigenvalue weighted by Crippen LogP contribution is 2.43. The van der Waals surface area contributed by atoms with E-state index in [4.69, 9.17) is 27.2 Å². The summed E-state index contributed by atoms with van der Waals surface area (Å²) < 4.78 is 7.89. The van der Waals surface area contributed by atoms with Crippen molar-refractivity contribution in [2.24, 2.45) is 0 Å². The summed E-state index contributed by atoms with van der Waals surface area (Å²) in [5, 5.41) is 6.14. The Kier molecular flexibility index (Phi) is 7.17. The second kappa shape index (κ2) is 10.1. The lowest BCUT2D eigenvalue weighted by molar-refractivity contribution is 0.402. The first-order valence-electron chi connectivity index (χ1n) is 11.9. The van der Waals surface area contributed by atoms with Crippen molar-refractivity contribution >= 4 is 34.1 Å². The molecule has 0 spiro atoms. The van der Waals surface area contributed by atoms with Gasteiger partial charge in [-0.2, -0.15) is 5.10 Å². The Hall–Kier alpha value is -3.65. The van der Waals surface area contributed by atoms with Crippen LogP contribution in [0.15, 0.2) is 36.8 Å². The summed E-state index contributed by atoms with van der Waals surface area (Å²) in [5.74, 6) is 1.14. The predicted octanol–water partition coefficient (Wildman–Crippen LogP) is 5.67. The Morgan fingerprint density at radius 2 is 1.97 bits per heavy atom. The molecule has 0 radical (unpaired) electrons. The van der Waals surface area contributed by atoms with E-state index in [1.807, 2.05) is 57.9 Å². The number of nitrogen functional groups attached to an aromatic ring is 1. The largest absolute Gasteiger partial charge is 0.496 e. The summed E-state index contributed by atoms with van der Waals surface area (Å²) in [5.41, 5.74) is 13.2. The number of halogens is 1. The van der Waals surface area contributed by atoms with Crippen LogP contribution in [0.4, 0.5) is 5.82 Å². The third-order valence-electron chi connectivity index (χ3n) is 6.41. The van der Waals surface area contributed by atoms with Crippen molar-refractivity contribution in [2.75, 3.05) is 26.9 Å². The van der Waals surface area contributed by atoms with Crippen molar-refractivity contribution in [1.82, 2.24) is 29.6 Å². The van der Waals surface area contributed by atoms with Crippen LogP contribution >= 0.6 is 11.6 Å². The zero-order valence-corrected chi connectivity index (χ0v) is 22.6. The van der Waals surface area contributed by atoms with Crippen molar-refractivity contribution < 1.29 is 4.74 Å². The van der Waals surface area contributed by atoms with Crippen molar-refractivity contribution in [2.45, 2.75) is 40.2 Å². The van der Waals surface area contributed by atoms with Crippen molar-refractivity contribution in [3.8, 4) is 16.9 Å². The maximum absolute atomic E-state index is 6.81. The van der Waals surface area contributed by atoms with E-state index in [-0.39, 0.29) is 6.04 Å². The third kappa shape index (κ3) is 4.37. The number of fused-ring (bicyclic) bond motifs is 1. The van der Waals surface area contributed by atoms with Gasteiger partial charge in [-0.25, -0.2) is 14.6 Å². The maximum atomic E-state index is 6.81. The number of hydrogen-bond acceptors (Lipinski definition) is 7. The number of anilines is 1. The summed E-state index contributed by atoms with van der Waals surface area (Å²) in [6.07, 6.45) is 6.36. The third-order valence-corrected chi connectivity index (χ3v) is 6.80. The molecule has 9 heteroatoms. The molecule has 0 saturated carbocycles. The van der Waals surface area contributed by atoms with Gasteiger partial charge in [0.2, 0.25) is 0 Å². The number of aryl methyl sites for hydroxylation is 1. The van der Waals surface area contributed by atoms with Crippen LogP contribution in [0, 0.1) is 13.8 Å². The van der Waals surface area contributed by atoms with E-state index < -0.39 is 0 Å². The van der Waals surface area contributed by atoms with Crippen LogP contribution in [-0.4, -0.2) is 50.8 Å². The molecule has 0 bridgehead atoms. The fourth-order valence-corrected chi connectivity index (χ4v) is 4.84. The standard InChI is InChI=1S/C27H32ClN7O/c1-8-9-22(34(5)6)21-12-18(10-11-30-21)23-15(2)20(28)13-19(25(23)36-7)17(4)35-27-24(16(3)33-35)26(29)31-14-32-27/h9-14,17H,8H2,1-7H3,(H2,29,31,32)/b22-9+. The first kappa shape index (κ1) is 25.4. The minimum Gasteiger partial charge on any atom is -0.496 e. The van der Waals surface area contributed by atoms with Crippen molar-refractivity contribution in [1.29, 1.82) is 0 Å². The van der Waals surface area contributed by atoms with Gasteiger partial charge in [0, 0.05) is 36.4 Å². The number of benzene rings is 1. The number of hydrogen-bond donors (Lipinski definition) is 1. The maximum Gasteiger partial charge on any atom is 0.164 e. The average Bonchev–Trinajstić information content (AvgIpc) is 3.20. The number of aromatic nitrogens is 5. The normalized spacial score (nSPS) is 12.7. The van der Waals surface area contributed by atoms with Crippen LogP contribution in [0.5, 0.6) is 5.75 Å². The zero-order chi connectivity index (χ0) is 26.1. The smallest absolute Gasteiger partial charge is 0.164 e. The highest BCUT2D eigenvalue weighted by atomic mass is 35.5. The molecule has 4 rings (SSSR count). The molecule has 1 aromatic carbocycles. The van der Waals surface area contributed by atoms with Crippen molar-refractivity contribution in [3.63, 3.8) is 0 Å². The molecule has 36 heavy (non-hydrogen) atoms. The van der Waals surface area contributed by atoms with Gasteiger partial charge in [-0.1, -0.05) is 24.6 Å². The van der Waals surface area contributed by atoms with E-state index in [2.05, 4.69) is 38.9 Å². The summed E-state index contributed by atoms with van der Waals surface area (Å²) in [4.78, 5) is 15.3. The van der Waals surface area contributed by atoms with Crippen LogP contribution < -0.4 is 10.5 Å². The van der Waals surface area contributed by atoms with Gasteiger partial charge in [-0.15, -0.1) is 0 Å². The molecule has 188 valence electrons. The molecular formula is C27H32ClN7O. The molecule has 0 aliphatic carbocycles. The lowest BCUT2D eigenvalue weighted by Crippen LogP contribution is -2.12. The van der Waals surface area contributed by atoms with E-state index >= 15 is 0 Å². The molecular weight excluding hydrogens is 474 g/mol. The van der Waals surface area contributed by atoms with Gasteiger partial charge < -0.3 is 15.4 Å². The Morgan fingerprint density at radius 3 is 2.64 bits per heavy atom. The van der Waals surface area contributed by atoms with E-state index in [0.29, 0.717) is 16.5 Å². The van der Waals surface area contributed by atoms with Crippen LogP contribution in [0.1, 0.15) is 48.8 Å². The number of rotatable bonds is 7. The Bertz CT molecular complexity index is 1460. The van der Waals surface area contributed by atoms with Gasteiger partial charge in [0.25, 0.3) is 0 Å². The Morgan fingerprint density at radius 1 is 1.22 bits per heavy atom. The van der Waals surface area contributed by atoms with E-state index in [1.165, 1.54) is 6.33 Å². The molecule has 3 heterocycles. The Labute approximate surface area is 216 Å². The minimum absolute atomic E-state index is 0.235. The van der Waals surface area contributed by atoms with Gasteiger partial charge in [0.15, 0.2) is 5.65 Å². The average molecular weight is 506 g/mol. The van der Waals surface area contributed by atoms with Crippen LogP contribution in [0.25, 0.3) is 27.9 Å². The second-order valence-electron chi connectivity index (χ2n) is 8.97. The minimum atomic E-state index is -0.235. The number of ether oxygens (including phenoxy) is 1. The van der Waals surface area contributed by atoms with Crippen LogP contribution in [0.2, 0.25) is 5.02 Å². The SMILES string of the molecule is CC/C=C(\c1cc(-c2c(C)c(Cl)cc(C(C)n3nc(C)c4c(N)ncnc43)c2OC)ccn1)N(C)C. The highest BCUT2D eigenvalue weighted by molar-refractivity contribution is 6.32. The summed E-state index contributed by atoms with van der Waals surface area (Å²) >= 11 is 6.81. The summed E-state index contributed by atoms with van der Waals surface area (Å²) in [6.45, 7) is 8.07. The van der Waals surface area contributed by atoms with Crippen LogP contribution in [-0.2, 0) is 0 Å². The fourth-order valence-electron chi connectivity index (χ4n) is 4.63. The lowest BCUT2D eigenvalue weighted by atomic mass is 9.93. The topological polar surface area (TPSA) is 95.0 Å². The fraction of sp³-hybridized carbons (Fsp3) is 0.333. The molecule has 0 aliphatic heterocycles. The number of nitrogens with two attached hydrogens (primary N) is 1. The quantitative estimate of drug-likeness (QED) is 0.345. The number of nitrogens with zero attached hydrogens (tertiary/aromatic N) is 6. The molecule has 0 saturated heterocycles. The number of pyridine rings is 1. The molecule has 0 aliphatic rings. The van der Waals surface area contributed by atoms with Gasteiger partial charge in [0.05, 0.1) is 35.6 Å². The summed E-state index contributed by atoms with van der Waals surface area (Å²) in [7, 11) is 5.72. The lowest BCUT2D eigenvalue weighted by Gasteiger charge is -2.23. The van der Waals surface area contributed by atoms with Gasteiger partial charge in [-0.3, -0.25) is 4.98 Å². The number of allylic oxidation sites excluding steroid dienone is 1. The molecule has 0 fully saturated rings. The van der Waals surface area contributed by atoms with E-state index in [0.717, 1.165) is 56.9 Å². The van der Waals surface area contributed by atoms with Gasteiger partial charge in [-0.05, 0) is 56.5 Å². The zero-order valence-electron chi connectivity index (χ0n) is 21.8. The molecule has 3 aromatic heterocycles. The summed E-state index contributed by atoms with van der Waals surface area (Å²) in [6, 6.07) is 5.78. The molecule has 2 N–H and O–H groups in total. The van der Waals surface area contributed by atoms with Gasteiger partial charge >= 0.3 is 0 Å². The predicted molar refractivity (Wildman–Crippen MR) is 146 cm³/mol. The molecule has 1 unspecified atom stereocenters. The monoisotopic (exact) mass is 505 g/mol. The first-order valence-corrected chi connectivity index (χ1v) is 12.2. The van der Waals surface area contributed by atoms with Gasteiger partial charge in [0.1, 0.15) is 17.9 Å². The Balaban J connectivity index is 1.93. The first-order chi connectivity index (χ1) is 17.2. The molecule has 0 amide bonds. The highest BCUT2D eigenvalue weighted by Gasteiger charge is 2.25.